The minimum Gasteiger partial charge on any atom is -0.474 e. The number of nitrogens with one attached hydrogen (secondary N) is 1. The molecule has 0 saturated heterocycles. The van der Waals surface area contributed by atoms with Gasteiger partial charge < -0.3 is 9.72 Å². The van der Waals surface area contributed by atoms with Crippen LogP contribution in [0.15, 0.2) is 10.9 Å². The van der Waals surface area contributed by atoms with E-state index in [0.29, 0.717) is 17.6 Å². The molecule has 0 spiro atoms. The molecule has 1 aromatic heterocycles. The van der Waals surface area contributed by atoms with Crippen molar-refractivity contribution >= 4 is 0 Å². The average Bonchev–Trinajstić information content (AvgIpc) is 2.22. The van der Waals surface area contributed by atoms with Gasteiger partial charge in [0.1, 0.15) is 11.9 Å². The number of hydrogen-bond acceptors (Lipinski definition) is 3. The molecule has 1 N–H and O–H groups in total. The standard InChI is InChI=1S/C13H20N2O2/c1-8-4-5-11(6-9(8)2)17-13-7-12(16)14-10(3)15-13/h7-9,11H,4-6H2,1-3H3,(H,14,15,16). The summed E-state index contributed by atoms with van der Waals surface area (Å²) >= 11 is 0. The zero-order valence-corrected chi connectivity index (χ0v) is 10.7. The van der Waals surface area contributed by atoms with Gasteiger partial charge in [0.05, 0.1) is 6.07 Å². The lowest BCUT2D eigenvalue weighted by atomic mass is 9.80. The summed E-state index contributed by atoms with van der Waals surface area (Å²) in [4.78, 5) is 18.1. The molecular weight excluding hydrogens is 216 g/mol. The van der Waals surface area contributed by atoms with Crippen LogP contribution in [-0.2, 0) is 0 Å². The first-order valence-electron chi connectivity index (χ1n) is 6.29. The molecule has 0 amide bonds. The van der Waals surface area contributed by atoms with E-state index in [9.17, 15) is 4.79 Å². The Labute approximate surface area is 101 Å². The fourth-order valence-electron chi connectivity index (χ4n) is 2.39. The van der Waals surface area contributed by atoms with Crippen molar-refractivity contribution in [1.82, 2.24) is 9.97 Å². The summed E-state index contributed by atoms with van der Waals surface area (Å²) in [5.41, 5.74) is -0.148. The predicted octanol–water partition coefficient (Wildman–Crippen LogP) is 2.28. The van der Waals surface area contributed by atoms with Gasteiger partial charge >= 0.3 is 0 Å². The third kappa shape index (κ3) is 3.08. The predicted molar refractivity (Wildman–Crippen MR) is 66.2 cm³/mol. The van der Waals surface area contributed by atoms with Crippen LogP contribution >= 0.6 is 0 Å². The Morgan fingerprint density at radius 2 is 2.12 bits per heavy atom. The van der Waals surface area contributed by atoms with Crippen LogP contribution < -0.4 is 10.3 Å². The summed E-state index contributed by atoms with van der Waals surface area (Å²) in [6.45, 7) is 6.31. The second-order valence-electron chi connectivity index (χ2n) is 5.18. The monoisotopic (exact) mass is 236 g/mol. The minimum absolute atomic E-state index is 0.148. The number of aromatic amines is 1. The van der Waals surface area contributed by atoms with Crippen molar-refractivity contribution in [2.24, 2.45) is 11.8 Å². The van der Waals surface area contributed by atoms with Crippen molar-refractivity contribution in [3.8, 4) is 5.88 Å². The number of aryl methyl sites for hydroxylation is 1. The lowest BCUT2D eigenvalue weighted by molar-refractivity contribution is 0.0960. The van der Waals surface area contributed by atoms with Crippen LogP contribution in [0.25, 0.3) is 0 Å². The fourth-order valence-corrected chi connectivity index (χ4v) is 2.39. The van der Waals surface area contributed by atoms with E-state index in [2.05, 4.69) is 23.8 Å². The van der Waals surface area contributed by atoms with E-state index in [1.54, 1.807) is 6.92 Å². The topological polar surface area (TPSA) is 55.0 Å². The number of hydrogen-bond donors (Lipinski definition) is 1. The van der Waals surface area contributed by atoms with E-state index in [-0.39, 0.29) is 11.7 Å². The van der Waals surface area contributed by atoms with Crippen LogP contribution in [0.2, 0.25) is 0 Å². The van der Waals surface area contributed by atoms with Gasteiger partial charge in [-0.2, -0.15) is 0 Å². The molecule has 94 valence electrons. The molecule has 4 heteroatoms. The van der Waals surface area contributed by atoms with Gasteiger partial charge in [-0.3, -0.25) is 4.79 Å². The van der Waals surface area contributed by atoms with Gasteiger partial charge in [0.2, 0.25) is 5.88 Å². The molecule has 17 heavy (non-hydrogen) atoms. The molecule has 1 heterocycles. The largest absolute Gasteiger partial charge is 0.474 e. The first-order chi connectivity index (χ1) is 8.04. The van der Waals surface area contributed by atoms with Crippen LogP contribution in [0.4, 0.5) is 0 Å². The SMILES string of the molecule is Cc1nc(OC2CCC(C)C(C)C2)cc(=O)[nH]1. The van der Waals surface area contributed by atoms with Crippen molar-refractivity contribution in [1.29, 1.82) is 0 Å². The molecule has 4 nitrogen and oxygen atoms in total. The highest BCUT2D eigenvalue weighted by molar-refractivity contribution is 5.08. The summed E-state index contributed by atoms with van der Waals surface area (Å²) < 4.78 is 5.80. The summed E-state index contributed by atoms with van der Waals surface area (Å²) in [5.74, 6) is 2.50. The van der Waals surface area contributed by atoms with E-state index < -0.39 is 0 Å². The Hall–Kier alpha value is -1.32. The van der Waals surface area contributed by atoms with E-state index >= 15 is 0 Å². The highest BCUT2D eigenvalue weighted by Gasteiger charge is 2.26. The lowest BCUT2D eigenvalue weighted by Crippen LogP contribution is -2.29. The smallest absolute Gasteiger partial charge is 0.254 e. The lowest BCUT2D eigenvalue weighted by Gasteiger charge is -2.31. The summed E-state index contributed by atoms with van der Waals surface area (Å²) in [6, 6.07) is 1.43. The fraction of sp³-hybridized carbons (Fsp3) is 0.692. The van der Waals surface area contributed by atoms with Crippen LogP contribution in [0.3, 0.4) is 0 Å². The van der Waals surface area contributed by atoms with E-state index in [1.807, 2.05) is 0 Å². The van der Waals surface area contributed by atoms with Crippen molar-refractivity contribution in [2.45, 2.75) is 46.1 Å². The molecule has 1 fully saturated rings. The molecule has 0 aliphatic heterocycles. The third-order valence-corrected chi connectivity index (χ3v) is 3.67. The average molecular weight is 236 g/mol. The Kier molecular flexibility index (Phi) is 3.50. The normalized spacial score (nSPS) is 29.0. The summed E-state index contributed by atoms with van der Waals surface area (Å²) in [6.07, 6.45) is 3.50. The zero-order chi connectivity index (χ0) is 12.4. The zero-order valence-electron chi connectivity index (χ0n) is 10.7. The van der Waals surface area contributed by atoms with Crippen molar-refractivity contribution in [2.75, 3.05) is 0 Å². The Morgan fingerprint density at radius 1 is 1.35 bits per heavy atom. The highest BCUT2D eigenvalue weighted by atomic mass is 16.5. The molecule has 3 unspecified atom stereocenters. The molecule has 0 radical (unpaired) electrons. The maximum Gasteiger partial charge on any atom is 0.254 e. The van der Waals surface area contributed by atoms with E-state index in [1.165, 1.54) is 12.5 Å². The van der Waals surface area contributed by atoms with Gasteiger partial charge in [-0.15, -0.1) is 0 Å². The van der Waals surface area contributed by atoms with Gasteiger partial charge in [-0.25, -0.2) is 4.98 Å². The molecule has 1 aromatic rings. The number of nitrogens with zero attached hydrogens (tertiary/aromatic N) is 1. The molecule has 1 saturated carbocycles. The molecule has 1 aliphatic carbocycles. The van der Waals surface area contributed by atoms with E-state index in [0.717, 1.165) is 18.8 Å². The molecular formula is C13H20N2O2. The van der Waals surface area contributed by atoms with Gasteiger partial charge in [0.15, 0.2) is 0 Å². The van der Waals surface area contributed by atoms with E-state index in [4.69, 9.17) is 4.74 Å². The van der Waals surface area contributed by atoms with Crippen molar-refractivity contribution in [3.63, 3.8) is 0 Å². The molecule has 0 bridgehead atoms. The third-order valence-electron chi connectivity index (χ3n) is 3.67. The number of aromatic nitrogens is 2. The Balaban J connectivity index is 2.03. The number of rotatable bonds is 2. The van der Waals surface area contributed by atoms with Gasteiger partial charge in [0.25, 0.3) is 5.56 Å². The molecule has 3 atom stereocenters. The van der Waals surface area contributed by atoms with Gasteiger partial charge in [-0.05, 0) is 38.0 Å². The molecule has 1 aliphatic rings. The number of ether oxygens (including phenoxy) is 1. The summed E-state index contributed by atoms with van der Waals surface area (Å²) in [7, 11) is 0. The van der Waals surface area contributed by atoms with Crippen molar-refractivity contribution in [3.05, 3.63) is 22.2 Å². The van der Waals surface area contributed by atoms with Gasteiger partial charge in [-0.1, -0.05) is 13.8 Å². The quantitative estimate of drug-likeness (QED) is 0.857. The maximum absolute atomic E-state index is 11.3. The number of H-pyrrole nitrogens is 1. The minimum atomic E-state index is -0.148. The van der Waals surface area contributed by atoms with Crippen LogP contribution in [0.5, 0.6) is 5.88 Å². The van der Waals surface area contributed by atoms with Crippen molar-refractivity contribution < 1.29 is 4.74 Å². The highest BCUT2D eigenvalue weighted by Crippen LogP contribution is 2.31. The summed E-state index contributed by atoms with van der Waals surface area (Å²) in [5, 5.41) is 0. The van der Waals surface area contributed by atoms with Crippen LogP contribution in [-0.4, -0.2) is 16.1 Å². The van der Waals surface area contributed by atoms with Crippen LogP contribution in [0, 0.1) is 18.8 Å². The Bertz CT molecular complexity index is 441. The second kappa shape index (κ2) is 4.90. The Morgan fingerprint density at radius 3 is 2.76 bits per heavy atom. The first-order valence-corrected chi connectivity index (χ1v) is 6.29. The second-order valence-corrected chi connectivity index (χ2v) is 5.18. The van der Waals surface area contributed by atoms with Gasteiger partial charge in [0, 0.05) is 0 Å². The van der Waals surface area contributed by atoms with Crippen LogP contribution in [0.1, 0.15) is 38.9 Å². The maximum atomic E-state index is 11.3. The molecule has 2 rings (SSSR count). The molecule has 0 aromatic carbocycles. The first kappa shape index (κ1) is 12.1.